The summed E-state index contributed by atoms with van der Waals surface area (Å²) in [6.07, 6.45) is 1.79. The van der Waals surface area contributed by atoms with E-state index in [1.165, 1.54) is 17.1 Å². The van der Waals surface area contributed by atoms with Crippen LogP contribution in [0.3, 0.4) is 0 Å². The maximum Gasteiger partial charge on any atom is 0.317 e. The van der Waals surface area contributed by atoms with Crippen LogP contribution in [0.15, 0.2) is 35.6 Å². The molecule has 7 nitrogen and oxygen atoms in total. The minimum absolute atomic E-state index is 0.181. The largest absolute Gasteiger partial charge is 0.480 e. The third kappa shape index (κ3) is 3.21. The number of carbonyl (C=O) groups is 1. The number of aromatic nitrogens is 5. The molecule has 124 valence electrons. The second kappa shape index (κ2) is 6.91. The van der Waals surface area contributed by atoms with Crippen molar-refractivity contribution in [1.82, 2.24) is 25.0 Å². The Kier molecular flexibility index (Phi) is 4.70. The van der Waals surface area contributed by atoms with Crippen molar-refractivity contribution in [2.45, 2.75) is 30.2 Å². The molecule has 0 spiro atoms. The molecule has 1 aromatic carbocycles. The molecule has 0 saturated heterocycles. The first-order valence-corrected chi connectivity index (χ1v) is 8.15. The summed E-state index contributed by atoms with van der Waals surface area (Å²) in [6, 6.07) is 6.40. The molecule has 0 radical (unpaired) electrons. The van der Waals surface area contributed by atoms with Gasteiger partial charge in [0.2, 0.25) is 0 Å². The topological polar surface area (TPSA) is 93.8 Å². The zero-order valence-corrected chi connectivity index (χ0v) is 13.6. The van der Waals surface area contributed by atoms with Gasteiger partial charge in [-0.15, -0.1) is 5.10 Å². The van der Waals surface area contributed by atoms with Crippen LogP contribution in [-0.4, -0.2) is 41.3 Å². The van der Waals surface area contributed by atoms with Gasteiger partial charge in [-0.25, -0.2) is 19.0 Å². The Balaban J connectivity index is 1.94. The smallest absolute Gasteiger partial charge is 0.317 e. The van der Waals surface area contributed by atoms with E-state index < -0.39 is 11.2 Å². The monoisotopic (exact) mass is 347 g/mol. The molecule has 0 aliphatic heterocycles. The van der Waals surface area contributed by atoms with Crippen molar-refractivity contribution in [1.29, 1.82) is 0 Å². The molecule has 0 saturated carbocycles. The summed E-state index contributed by atoms with van der Waals surface area (Å²) in [4.78, 5) is 19.5. The number of hydrogen-bond acceptors (Lipinski definition) is 6. The molecular weight excluding hydrogens is 333 g/mol. The first-order valence-electron chi connectivity index (χ1n) is 7.27. The van der Waals surface area contributed by atoms with E-state index in [1.807, 2.05) is 0 Å². The summed E-state index contributed by atoms with van der Waals surface area (Å²) in [6.45, 7) is 1.97. The summed E-state index contributed by atoms with van der Waals surface area (Å²) in [5, 5.41) is 17.1. The first kappa shape index (κ1) is 16.3. The Morgan fingerprint density at radius 2 is 2.17 bits per heavy atom. The number of rotatable bonds is 6. The molecule has 24 heavy (non-hydrogen) atoms. The molecule has 2 aromatic heterocycles. The fourth-order valence-electron chi connectivity index (χ4n) is 2.20. The number of aliphatic carboxylic acids is 1. The SMILES string of the molecule is CC[C@H](Sc1ncnc2c1nnn2Cc1ccccc1F)C(=O)O. The van der Waals surface area contributed by atoms with Crippen molar-refractivity contribution in [3.8, 4) is 0 Å². The van der Waals surface area contributed by atoms with Crippen molar-refractivity contribution in [3.63, 3.8) is 0 Å². The van der Waals surface area contributed by atoms with E-state index in [-0.39, 0.29) is 12.4 Å². The lowest BCUT2D eigenvalue weighted by atomic mass is 10.2. The average Bonchev–Trinajstić information content (AvgIpc) is 2.98. The number of halogens is 1. The zero-order chi connectivity index (χ0) is 17.1. The van der Waals surface area contributed by atoms with Crippen LogP contribution < -0.4 is 0 Å². The van der Waals surface area contributed by atoms with E-state index in [4.69, 9.17) is 0 Å². The first-order chi connectivity index (χ1) is 11.6. The third-order valence-corrected chi connectivity index (χ3v) is 4.79. The minimum Gasteiger partial charge on any atom is -0.480 e. The summed E-state index contributed by atoms with van der Waals surface area (Å²) < 4.78 is 15.3. The molecule has 0 aliphatic rings. The van der Waals surface area contributed by atoms with Crippen molar-refractivity contribution >= 4 is 28.9 Å². The second-order valence-electron chi connectivity index (χ2n) is 5.04. The summed E-state index contributed by atoms with van der Waals surface area (Å²) >= 11 is 1.11. The number of nitrogens with zero attached hydrogens (tertiary/aromatic N) is 5. The molecule has 1 N–H and O–H groups in total. The Morgan fingerprint density at radius 3 is 2.88 bits per heavy atom. The van der Waals surface area contributed by atoms with Gasteiger partial charge >= 0.3 is 5.97 Å². The number of benzene rings is 1. The normalized spacial score (nSPS) is 12.4. The van der Waals surface area contributed by atoms with Crippen LogP contribution >= 0.6 is 11.8 Å². The fraction of sp³-hybridized carbons (Fsp3) is 0.267. The van der Waals surface area contributed by atoms with E-state index in [0.717, 1.165) is 11.8 Å². The van der Waals surface area contributed by atoms with Gasteiger partial charge in [0.15, 0.2) is 11.2 Å². The number of carboxylic acid groups (broad SMARTS) is 1. The summed E-state index contributed by atoms with van der Waals surface area (Å²) in [7, 11) is 0. The maximum atomic E-state index is 13.8. The van der Waals surface area contributed by atoms with Crippen molar-refractivity contribution in [2.24, 2.45) is 0 Å². The van der Waals surface area contributed by atoms with Crippen molar-refractivity contribution in [3.05, 3.63) is 42.0 Å². The van der Waals surface area contributed by atoms with Gasteiger partial charge in [0.05, 0.1) is 6.54 Å². The van der Waals surface area contributed by atoms with E-state index in [0.29, 0.717) is 28.2 Å². The van der Waals surface area contributed by atoms with Crippen LogP contribution in [0.2, 0.25) is 0 Å². The molecule has 3 aromatic rings. The van der Waals surface area contributed by atoms with Gasteiger partial charge in [0.1, 0.15) is 22.4 Å². The molecule has 0 unspecified atom stereocenters. The van der Waals surface area contributed by atoms with Crippen LogP contribution in [-0.2, 0) is 11.3 Å². The highest BCUT2D eigenvalue weighted by atomic mass is 32.2. The van der Waals surface area contributed by atoms with E-state index in [2.05, 4.69) is 20.3 Å². The van der Waals surface area contributed by atoms with E-state index >= 15 is 0 Å². The van der Waals surface area contributed by atoms with E-state index in [1.54, 1.807) is 25.1 Å². The quantitative estimate of drug-likeness (QED) is 0.540. The zero-order valence-electron chi connectivity index (χ0n) is 12.8. The maximum absolute atomic E-state index is 13.8. The van der Waals surface area contributed by atoms with Crippen LogP contribution in [0.1, 0.15) is 18.9 Å². The van der Waals surface area contributed by atoms with Crippen LogP contribution in [0.4, 0.5) is 4.39 Å². The lowest BCUT2D eigenvalue weighted by molar-refractivity contribution is -0.136. The Morgan fingerprint density at radius 1 is 1.38 bits per heavy atom. The van der Waals surface area contributed by atoms with Gasteiger partial charge in [0, 0.05) is 5.56 Å². The van der Waals surface area contributed by atoms with Crippen molar-refractivity contribution in [2.75, 3.05) is 0 Å². The Bertz CT molecular complexity index is 885. The lowest BCUT2D eigenvalue weighted by Crippen LogP contribution is -2.15. The van der Waals surface area contributed by atoms with Gasteiger partial charge in [0.25, 0.3) is 0 Å². The van der Waals surface area contributed by atoms with Crippen molar-refractivity contribution < 1.29 is 14.3 Å². The van der Waals surface area contributed by atoms with Crippen LogP contribution in [0.25, 0.3) is 11.2 Å². The van der Waals surface area contributed by atoms with Gasteiger partial charge in [-0.2, -0.15) is 0 Å². The van der Waals surface area contributed by atoms with E-state index in [9.17, 15) is 14.3 Å². The van der Waals surface area contributed by atoms with Gasteiger partial charge < -0.3 is 5.11 Å². The van der Waals surface area contributed by atoms with Gasteiger partial charge in [-0.3, -0.25) is 4.79 Å². The van der Waals surface area contributed by atoms with Gasteiger partial charge in [-0.1, -0.05) is 42.1 Å². The number of carboxylic acids is 1. The Hall–Kier alpha value is -2.55. The van der Waals surface area contributed by atoms with Gasteiger partial charge in [-0.05, 0) is 12.5 Å². The number of fused-ring (bicyclic) bond motifs is 1. The van der Waals surface area contributed by atoms with Crippen LogP contribution in [0.5, 0.6) is 0 Å². The highest BCUT2D eigenvalue weighted by Crippen LogP contribution is 2.28. The molecule has 1 atom stereocenters. The number of hydrogen-bond donors (Lipinski definition) is 1. The second-order valence-corrected chi connectivity index (χ2v) is 6.23. The lowest BCUT2D eigenvalue weighted by Gasteiger charge is -2.08. The Labute approximate surface area is 140 Å². The highest BCUT2D eigenvalue weighted by Gasteiger charge is 2.21. The molecule has 3 rings (SSSR count). The third-order valence-electron chi connectivity index (χ3n) is 3.44. The highest BCUT2D eigenvalue weighted by molar-refractivity contribution is 8.00. The molecule has 0 aliphatic carbocycles. The fourth-order valence-corrected chi connectivity index (χ4v) is 3.08. The standard InChI is InChI=1S/C15H14FN5O2S/c1-2-11(15(22)23)24-14-12-13(17-8-18-14)21(20-19-12)7-9-5-3-4-6-10(9)16/h3-6,8,11H,2,7H2,1H3,(H,22,23)/t11-/m0/s1. The average molecular weight is 347 g/mol. The summed E-state index contributed by atoms with van der Waals surface area (Å²) in [5.74, 6) is -1.24. The predicted octanol–water partition coefficient (Wildman–Crippen LogP) is 2.36. The summed E-state index contributed by atoms with van der Waals surface area (Å²) in [5.41, 5.74) is 1.32. The number of thioether (sulfide) groups is 1. The predicted molar refractivity (Wildman–Crippen MR) is 86.2 cm³/mol. The molecule has 2 heterocycles. The molecule has 0 bridgehead atoms. The van der Waals surface area contributed by atoms with Crippen LogP contribution in [0, 0.1) is 5.82 Å². The molecule has 9 heteroatoms. The minimum atomic E-state index is -0.909. The molecule has 0 amide bonds. The molecular formula is C15H14FN5O2S. The molecule has 0 fully saturated rings.